The zero-order valence-electron chi connectivity index (χ0n) is 7.61. The molecule has 1 aromatic heterocycles. The van der Waals surface area contributed by atoms with Gasteiger partial charge in [0, 0.05) is 6.20 Å². The van der Waals surface area contributed by atoms with Crippen LogP contribution in [-0.2, 0) is 0 Å². The largest absolute Gasteiger partial charge is 0.411 e. The number of Topliss-reactive ketones (excluding diaryl/α,β-unsaturated/α-hetero) is 1. The van der Waals surface area contributed by atoms with Crippen molar-refractivity contribution in [3.05, 3.63) is 17.8 Å². The van der Waals surface area contributed by atoms with Gasteiger partial charge in [-0.05, 0) is 13.0 Å². The van der Waals surface area contributed by atoms with Crippen molar-refractivity contribution in [2.45, 2.75) is 13.0 Å². The highest BCUT2D eigenvalue weighted by Gasteiger charge is 2.18. The molecule has 0 aliphatic carbocycles. The van der Waals surface area contributed by atoms with E-state index in [4.69, 9.17) is 11.5 Å². The fraction of sp³-hybridized carbons (Fsp3) is 0.250. The minimum absolute atomic E-state index is 0.0276. The quantitative estimate of drug-likeness (QED) is 0.592. The molecule has 1 atom stereocenters. The first-order valence-electron chi connectivity index (χ1n) is 3.97. The summed E-state index contributed by atoms with van der Waals surface area (Å²) in [6.45, 7) is 1.55. The van der Waals surface area contributed by atoms with Crippen LogP contribution in [0.3, 0.4) is 0 Å². The van der Waals surface area contributed by atoms with Gasteiger partial charge < -0.3 is 21.2 Å². The van der Waals surface area contributed by atoms with Crippen molar-refractivity contribution in [1.29, 1.82) is 0 Å². The second kappa shape index (κ2) is 3.93. The Labute approximate surface area is 80.2 Å². The Balaban J connectivity index is 2.92. The summed E-state index contributed by atoms with van der Waals surface area (Å²) in [5, 5.41) is 0. The van der Waals surface area contributed by atoms with Crippen molar-refractivity contribution >= 4 is 11.9 Å². The molecular weight excluding hydrogens is 186 g/mol. The summed E-state index contributed by atoms with van der Waals surface area (Å²) in [5.41, 5.74) is 10.4. The van der Waals surface area contributed by atoms with E-state index < -0.39 is 12.1 Å². The van der Waals surface area contributed by atoms with Crippen LogP contribution >= 0.6 is 0 Å². The Morgan fingerprint density at radius 1 is 1.57 bits per heavy atom. The molecule has 1 rings (SSSR count). The Bertz CT molecular complexity index is 356. The van der Waals surface area contributed by atoms with Gasteiger partial charge in [0.15, 0.2) is 5.78 Å². The molecule has 6 heteroatoms. The molecule has 76 valence electrons. The minimum atomic E-state index is -0.980. The Kier molecular flexibility index (Phi) is 2.88. The van der Waals surface area contributed by atoms with Gasteiger partial charge in [-0.25, -0.2) is 4.79 Å². The van der Waals surface area contributed by atoms with Gasteiger partial charge in [-0.1, -0.05) is 0 Å². The molecule has 0 saturated heterocycles. The predicted molar refractivity (Wildman–Crippen MR) is 49.0 cm³/mol. The molecule has 1 heterocycles. The molecule has 0 aliphatic rings. The Morgan fingerprint density at radius 3 is 2.71 bits per heavy atom. The van der Waals surface area contributed by atoms with E-state index in [9.17, 15) is 9.59 Å². The predicted octanol–water partition coefficient (Wildman–Crippen LogP) is 0.00210. The van der Waals surface area contributed by atoms with Crippen molar-refractivity contribution in [3.63, 3.8) is 0 Å². The highest BCUT2D eigenvalue weighted by Crippen LogP contribution is 2.17. The van der Waals surface area contributed by atoms with E-state index in [2.05, 4.69) is 9.72 Å². The van der Waals surface area contributed by atoms with Gasteiger partial charge in [0.1, 0.15) is 0 Å². The van der Waals surface area contributed by atoms with Crippen LogP contribution in [0.15, 0.2) is 12.3 Å². The lowest BCUT2D eigenvalue weighted by Crippen LogP contribution is -2.27. The van der Waals surface area contributed by atoms with Crippen LogP contribution in [-0.4, -0.2) is 22.9 Å². The first-order valence-corrected chi connectivity index (χ1v) is 3.97. The number of ether oxygens (including phenoxy) is 1. The summed E-state index contributed by atoms with van der Waals surface area (Å²) in [4.78, 5) is 24.5. The molecular formula is C8H11N3O3. The van der Waals surface area contributed by atoms with Crippen LogP contribution < -0.4 is 16.2 Å². The average molecular weight is 197 g/mol. The lowest BCUT2D eigenvalue weighted by molar-refractivity contribution is 0.0965. The number of aromatic nitrogens is 1. The molecule has 0 fully saturated rings. The molecule has 0 aliphatic heterocycles. The molecule has 1 aromatic rings. The van der Waals surface area contributed by atoms with Gasteiger partial charge in [0.05, 0.1) is 11.6 Å². The zero-order chi connectivity index (χ0) is 10.7. The zero-order valence-corrected chi connectivity index (χ0v) is 7.61. The van der Waals surface area contributed by atoms with Crippen molar-refractivity contribution in [2.75, 3.05) is 0 Å². The number of carbonyl (C=O) groups excluding carboxylic acids is 2. The Morgan fingerprint density at radius 2 is 2.21 bits per heavy atom. The third kappa shape index (κ3) is 2.11. The number of aromatic amines is 1. The van der Waals surface area contributed by atoms with Crippen LogP contribution in [0, 0.1) is 0 Å². The van der Waals surface area contributed by atoms with E-state index >= 15 is 0 Å². The van der Waals surface area contributed by atoms with Gasteiger partial charge in [-0.15, -0.1) is 0 Å². The number of carbonyl (C=O) groups is 2. The molecule has 6 nitrogen and oxygen atoms in total. The molecule has 14 heavy (non-hydrogen) atoms. The third-order valence-corrected chi connectivity index (χ3v) is 1.59. The van der Waals surface area contributed by atoms with Crippen molar-refractivity contribution in [3.8, 4) is 5.88 Å². The molecule has 1 amide bonds. The van der Waals surface area contributed by atoms with Crippen molar-refractivity contribution in [1.82, 2.24) is 4.98 Å². The molecule has 0 radical (unpaired) electrons. The molecule has 0 spiro atoms. The maximum absolute atomic E-state index is 11.4. The summed E-state index contributed by atoms with van der Waals surface area (Å²) >= 11 is 0. The highest BCUT2D eigenvalue weighted by molar-refractivity contribution is 6.02. The second-order valence-corrected chi connectivity index (χ2v) is 2.79. The normalized spacial score (nSPS) is 12.1. The van der Waals surface area contributed by atoms with Crippen LogP contribution in [0.2, 0.25) is 0 Å². The van der Waals surface area contributed by atoms with Gasteiger partial charge in [-0.2, -0.15) is 0 Å². The summed E-state index contributed by atoms with van der Waals surface area (Å²) in [5.74, 6) is -0.290. The van der Waals surface area contributed by atoms with Crippen molar-refractivity contribution < 1.29 is 14.3 Å². The van der Waals surface area contributed by atoms with Crippen LogP contribution in [0.1, 0.15) is 17.3 Å². The maximum Gasteiger partial charge on any atom is 0.411 e. The smallest absolute Gasteiger partial charge is 0.393 e. The topological polar surface area (TPSA) is 111 Å². The lowest BCUT2D eigenvalue weighted by atomic mass is 10.1. The van der Waals surface area contributed by atoms with Gasteiger partial charge in [0.2, 0.25) is 5.88 Å². The number of hydrogen-bond donors (Lipinski definition) is 3. The standard InChI is InChI=1S/C8H11N3O3/c1-4(9)6(12)5-2-3-11-7(5)14-8(10)13/h2-4,11H,9H2,1H3,(H2,10,13)/t4-/m0/s1. The van der Waals surface area contributed by atoms with E-state index in [0.29, 0.717) is 0 Å². The van der Waals surface area contributed by atoms with E-state index in [1.54, 1.807) is 6.92 Å². The number of rotatable bonds is 3. The third-order valence-electron chi connectivity index (χ3n) is 1.59. The van der Waals surface area contributed by atoms with E-state index in [1.807, 2.05) is 0 Å². The van der Waals surface area contributed by atoms with E-state index in [0.717, 1.165) is 0 Å². The number of nitrogens with two attached hydrogens (primary N) is 2. The number of primary amides is 1. The number of amides is 1. The molecule has 5 N–H and O–H groups in total. The monoisotopic (exact) mass is 197 g/mol. The number of nitrogens with one attached hydrogen (secondary N) is 1. The highest BCUT2D eigenvalue weighted by atomic mass is 16.6. The number of H-pyrrole nitrogens is 1. The maximum atomic E-state index is 11.4. The Hall–Kier alpha value is -1.82. The minimum Gasteiger partial charge on any atom is -0.393 e. The van der Waals surface area contributed by atoms with Crippen LogP contribution in [0.5, 0.6) is 5.88 Å². The summed E-state index contributed by atoms with van der Waals surface area (Å²) in [7, 11) is 0. The van der Waals surface area contributed by atoms with Crippen LogP contribution in [0.25, 0.3) is 0 Å². The SMILES string of the molecule is C[C@H](N)C(=O)c1cc[nH]c1OC(N)=O. The number of ketones is 1. The van der Waals surface area contributed by atoms with E-state index in [-0.39, 0.29) is 17.2 Å². The lowest BCUT2D eigenvalue weighted by Gasteiger charge is -2.04. The van der Waals surface area contributed by atoms with Gasteiger partial charge >= 0.3 is 6.09 Å². The summed E-state index contributed by atoms with van der Waals surface area (Å²) in [6, 6.07) is 0.824. The van der Waals surface area contributed by atoms with Crippen LogP contribution in [0.4, 0.5) is 4.79 Å². The number of hydrogen-bond acceptors (Lipinski definition) is 4. The molecule has 0 aromatic carbocycles. The van der Waals surface area contributed by atoms with Gasteiger partial charge in [0.25, 0.3) is 0 Å². The molecule has 0 bridgehead atoms. The summed E-state index contributed by atoms with van der Waals surface area (Å²) < 4.78 is 4.56. The van der Waals surface area contributed by atoms with Crippen molar-refractivity contribution in [2.24, 2.45) is 11.5 Å². The fourth-order valence-electron chi connectivity index (χ4n) is 0.978. The first-order chi connectivity index (χ1) is 6.52. The van der Waals surface area contributed by atoms with Gasteiger partial charge in [-0.3, -0.25) is 4.79 Å². The average Bonchev–Trinajstić information content (AvgIpc) is 2.49. The molecule has 0 saturated carbocycles. The summed E-state index contributed by atoms with van der Waals surface area (Å²) in [6.07, 6.45) is 0.486. The fourth-order valence-corrected chi connectivity index (χ4v) is 0.978. The first kappa shape index (κ1) is 10.3. The van der Waals surface area contributed by atoms with E-state index in [1.165, 1.54) is 12.3 Å². The molecule has 0 unspecified atom stereocenters. The second-order valence-electron chi connectivity index (χ2n) is 2.79.